The first-order chi connectivity index (χ1) is 20.3. The topological polar surface area (TPSA) is 110 Å². The van der Waals surface area contributed by atoms with Crippen molar-refractivity contribution in [1.82, 2.24) is 0 Å². The zero-order valence-electron chi connectivity index (χ0n) is 21.9. The van der Waals surface area contributed by atoms with E-state index < -0.39 is 45.8 Å². The lowest BCUT2D eigenvalue weighted by atomic mass is 9.64. The van der Waals surface area contributed by atoms with Crippen LogP contribution < -0.4 is 10.2 Å². The molecular weight excluding hydrogens is 554 g/mol. The van der Waals surface area contributed by atoms with E-state index in [1.807, 2.05) is 41.3 Å². The van der Waals surface area contributed by atoms with Crippen molar-refractivity contribution in [2.24, 2.45) is 5.92 Å². The van der Waals surface area contributed by atoms with Crippen molar-refractivity contribution in [2.45, 2.75) is 17.5 Å². The number of Topliss-reactive ketones (excluding diaryl/α,β-unsaturated/α-hetero) is 2. The Morgan fingerprint density at radius 1 is 0.905 bits per heavy atom. The molecule has 0 unspecified atom stereocenters. The van der Waals surface area contributed by atoms with Gasteiger partial charge in [-0.1, -0.05) is 84.4 Å². The predicted octanol–water partition coefficient (Wildman–Crippen LogP) is 6.10. The molecule has 0 bridgehead atoms. The molecule has 3 aliphatic heterocycles. The van der Waals surface area contributed by atoms with Gasteiger partial charge in [-0.05, 0) is 35.4 Å². The lowest BCUT2D eigenvalue weighted by Gasteiger charge is -2.37. The van der Waals surface area contributed by atoms with Gasteiger partial charge < -0.3 is 10.2 Å². The molecule has 7 rings (SSSR count). The van der Waals surface area contributed by atoms with Gasteiger partial charge in [-0.3, -0.25) is 24.5 Å². The zero-order chi connectivity index (χ0) is 29.2. The largest absolute Gasteiger partial charge is 0.352 e. The second kappa shape index (κ2) is 9.49. The lowest BCUT2D eigenvalue weighted by Crippen LogP contribution is -2.51. The molecule has 1 N–H and O–H groups in total. The highest BCUT2D eigenvalue weighted by atomic mass is 35.5. The molecule has 3 heterocycles. The number of halogens is 1. The van der Waals surface area contributed by atoms with Gasteiger partial charge in [0.15, 0.2) is 11.6 Å². The number of hydrogen-bond donors (Lipinski definition) is 1. The summed E-state index contributed by atoms with van der Waals surface area (Å²) < 4.78 is 0. The lowest BCUT2D eigenvalue weighted by molar-refractivity contribution is -0.384. The second-order valence-electron chi connectivity index (χ2n) is 10.6. The Labute approximate surface area is 245 Å². The average Bonchev–Trinajstić information content (AvgIpc) is 3.49. The van der Waals surface area contributed by atoms with Crippen LogP contribution in [0.2, 0.25) is 5.02 Å². The van der Waals surface area contributed by atoms with Crippen molar-refractivity contribution in [1.29, 1.82) is 0 Å². The van der Waals surface area contributed by atoms with Crippen molar-refractivity contribution in [3.63, 3.8) is 0 Å². The molecule has 4 aromatic carbocycles. The number of anilines is 2. The zero-order valence-corrected chi connectivity index (χ0v) is 22.7. The van der Waals surface area contributed by atoms with Crippen LogP contribution in [0.25, 0.3) is 6.08 Å². The molecule has 4 aromatic rings. The molecule has 0 saturated carbocycles. The standard InChI is InChI=1S/C33H22ClN3O5/c34-24-13-4-2-11-22(24)31(39)29-28(30(38)20-9-7-10-21(18-20)37(41)42)33(23-12-3-5-14-25(23)35-32(33)40)27-17-16-19-8-1-6-15-26(19)36(27)29/h1-18,27-29H,(H,35,40)/t27-,28+,29-,33-/m0/s1. The number of nitro groups is 1. The summed E-state index contributed by atoms with van der Waals surface area (Å²) >= 11 is 6.54. The van der Waals surface area contributed by atoms with E-state index in [2.05, 4.69) is 5.32 Å². The van der Waals surface area contributed by atoms with Crippen molar-refractivity contribution < 1.29 is 19.3 Å². The molecule has 1 fully saturated rings. The van der Waals surface area contributed by atoms with E-state index in [4.69, 9.17) is 11.6 Å². The van der Waals surface area contributed by atoms with Gasteiger partial charge in [0.05, 0.1) is 21.9 Å². The van der Waals surface area contributed by atoms with E-state index in [0.29, 0.717) is 16.9 Å². The number of carbonyl (C=O) groups is 3. The Balaban J connectivity index is 1.55. The summed E-state index contributed by atoms with van der Waals surface area (Å²) in [5.41, 5.74) is 1.14. The maximum absolute atomic E-state index is 14.8. The molecule has 1 amide bonds. The Kier molecular flexibility index (Phi) is 5.85. The minimum absolute atomic E-state index is 0.0415. The number of nitrogens with one attached hydrogen (secondary N) is 1. The Bertz CT molecular complexity index is 1870. The van der Waals surface area contributed by atoms with Gasteiger partial charge in [0.2, 0.25) is 5.91 Å². The number of hydrogen-bond acceptors (Lipinski definition) is 6. The molecule has 1 spiro atoms. The first-order valence-corrected chi connectivity index (χ1v) is 13.8. The molecule has 206 valence electrons. The molecule has 8 nitrogen and oxygen atoms in total. The summed E-state index contributed by atoms with van der Waals surface area (Å²) in [7, 11) is 0. The number of benzene rings is 4. The van der Waals surface area contributed by atoms with Crippen LogP contribution in [0, 0.1) is 16.0 Å². The highest BCUT2D eigenvalue weighted by molar-refractivity contribution is 6.34. The van der Waals surface area contributed by atoms with Crippen molar-refractivity contribution in [3.8, 4) is 0 Å². The fraction of sp³-hybridized carbons (Fsp3) is 0.121. The fourth-order valence-electron chi connectivity index (χ4n) is 6.89. The number of para-hydroxylation sites is 2. The fourth-order valence-corrected chi connectivity index (χ4v) is 7.12. The average molecular weight is 576 g/mol. The van der Waals surface area contributed by atoms with Crippen molar-refractivity contribution in [2.75, 3.05) is 10.2 Å². The van der Waals surface area contributed by atoms with Gasteiger partial charge in [-0.25, -0.2) is 0 Å². The van der Waals surface area contributed by atoms with Crippen molar-refractivity contribution in [3.05, 3.63) is 141 Å². The number of amides is 1. The first-order valence-electron chi connectivity index (χ1n) is 13.4. The third kappa shape index (κ3) is 3.51. The molecule has 0 aliphatic carbocycles. The summed E-state index contributed by atoms with van der Waals surface area (Å²) in [5, 5.41) is 14.8. The van der Waals surface area contributed by atoms with Gasteiger partial charge in [0.25, 0.3) is 5.69 Å². The summed E-state index contributed by atoms with van der Waals surface area (Å²) in [6.07, 6.45) is 3.78. The van der Waals surface area contributed by atoms with Crippen LogP contribution in [0.3, 0.4) is 0 Å². The highest BCUT2D eigenvalue weighted by Crippen LogP contribution is 2.58. The molecule has 3 aliphatic rings. The van der Waals surface area contributed by atoms with E-state index in [9.17, 15) is 24.5 Å². The Morgan fingerprint density at radius 2 is 1.64 bits per heavy atom. The van der Waals surface area contributed by atoms with E-state index in [-0.39, 0.29) is 21.8 Å². The molecular formula is C33H22ClN3O5. The van der Waals surface area contributed by atoms with E-state index in [0.717, 1.165) is 5.56 Å². The minimum Gasteiger partial charge on any atom is -0.352 e. The number of fused-ring (bicyclic) bond motifs is 6. The normalized spacial score (nSPS) is 23.2. The summed E-state index contributed by atoms with van der Waals surface area (Å²) in [4.78, 5) is 56.7. The quantitative estimate of drug-likeness (QED) is 0.175. The highest BCUT2D eigenvalue weighted by Gasteiger charge is 2.70. The molecule has 42 heavy (non-hydrogen) atoms. The van der Waals surface area contributed by atoms with Crippen molar-refractivity contribution >= 4 is 52.2 Å². The van der Waals surface area contributed by atoms with Gasteiger partial charge in [-0.15, -0.1) is 0 Å². The number of ketones is 2. The maximum atomic E-state index is 14.8. The smallest absolute Gasteiger partial charge is 0.270 e. The van der Waals surface area contributed by atoms with Gasteiger partial charge >= 0.3 is 0 Å². The number of nitrogens with zero attached hydrogens (tertiary/aromatic N) is 2. The molecule has 1 saturated heterocycles. The number of non-ortho nitro benzene ring substituents is 1. The SMILES string of the molecule is O=C(c1ccccc1Cl)[C@@H]1[C@H](C(=O)c2cccc([N+](=O)[O-])c2)[C@@]2(C(=O)Nc3ccccc32)[C@@H]2C=Cc3ccccc3N12. The van der Waals surface area contributed by atoms with Crippen LogP contribution in [0.1, 0.15) is 31.8 Å². The van der Waals surface area contributed by atoms with Crippen LogP contribution in [0.5, 0.6) is 0 Å². The first kappa shape index (κ1) is 25.9. The van der Waals surface area contributed by atoms with Crippen LogP contribution in [-0.2, 0) is 10.2 Å². The Hall–Kier alpha value is -5.08. The molecule has 0 aromatic heterocycles. The monoisotopic (exact) mass is 575 g/mol. The Morgan fingerprint density at radius 3 is 2.45 bits per heavy atom. The molecule has 4 atom stereocenters. The predicted molar refractivity (Wildman–Crippen MR) is 159 cm³/mol. The number of carbonyl (C=O) groups excluding carboxylic acids is 3. The van der Waals surface area contributed by atoms with Crippen LogP contribution in [-0.4, -0.2) is 34.5 Å². The van der Waals surface area contributed by atoms with Crippen LogP contribution in [0.15, 0.2) is 103 Å². The van der Waals surface area contributed by atoms with E-state index >= 15 is 0 Å². The van der Waals surface area contributed by atoms with Crippen LogP contribution >= 0.6 is 11.6 Å². The molecule has 0 radical (unpaired) electrons. The maximum Gasteiger partial charge on any atom is 0.270 e. The number of nitro benzene ring substituents is 1. The summed E-state index contributed by atoms with van der Waals surface area (Å²) in [6.45, 7) is 0. The summed E-state index contributed by atoms with van der Waals surface area (Å²) in [5.74, 6) is -2.64. The third-order valence-electron chi connectivity index (χ3n) is 8.57. The summed E-state index contributed by atoms with van der Waals surface area (Å²) in [6, 6.07) is 24.8. The minimum atomic E-state index is -1.52. The molecule has 9 heteroatoms. The second-order valence-corrected chi connectivity index (χ2v) is 11.0. The van der Waals surface area contributed by atoms with E-state index in [1.165, 1.54) is 24.3 Å². The van der Waals surface area contributed by atoms with Crippen LogP contribution in [0.4, 0.5) is 17.1 Å². The van der Waals surface area contributed by atoms with Gasteiger partial charge in [0.1, 0.15) is 11.5 Å². The van der Waals surface area contributed by atoms with Gasteiger partial charge in [0, 0.05) is 34.6 Å². The van der Waals surface area contributed by atoms with E-state index in [1.54, 1.807) is 48.5 Å². The number of rotatable bonds is 5. The van der Waals surface area contributed by atoms with Gasteiger partial charge in [-0.2, -0.15) is 0 Å². The third-order valence-corrected chi connectivity index (χ3v) is 8.90.